The molecular formula is C39H21N5. The number of aromatic nitrogens is 2. The lowest BCUT2D eigenvalue weighted by molar-refractivity contribution is 1.16. The van der Waals surface area contributed by atoms with Crippen LogP contribution >= 0.6 is 0 Å². The number of hydrogen-bond donors (Lipinski definition) is 0. The molecule has 2 heterocycles. The molecule has 2 aromatic heterocycles. The van der Waals surface area contributed by atoms with Crippen molar-refractivity contribution in [2.45, 2.75) is 0 Å². The lowest BCUT2D eigenvalue weighted by Gasteiger charge is -2.17. The van der Waals surface area contributed by atoms with Crippen LogP contribution in [-0.2, 0) is 0 Å². The van der Waals surface area contributed by atoms with Gasteiger partial charge in [0.2, 0.25) is 0 Å². The lowest BCUT2D eigenvalue weighted by atomic mass is 9.95. The van der Waals surface area contributed by atoms with Crippen molar-refractivity contribution in [1.82, 2.24) is 9.13 Å². The lowest BCUT2D eigenvalue weighted by Crippen LogP contribution is -2.01. The highest BCUT2D eigenvalue weighted by atomic mass is 15.0. The third-order valence-corrected chi connectivity index (χ3v) is 8.38. The highest BCUT2D eigenvalue weighted by molar-refractivity contribution is 6.11. The van der Waals surface area contributed by atoms with Crippen LogP contribution in [-0.4, -0.2) is 9.13 Å². The first kappa shape index (κ1) is 25.1. The van der Waals surface area contributed by atoms with E-state index in [0.29, 0.717) is 16.7 Å². The second-order valence-corrected chi connectivity index (χ2v) is 10.8. The van der Waals surface area contributed by atoms with Crippen LogP contribution in [0.4, 0.5) is 0 Å². The van der Waals surface area contributed by atoms with Crippen molar-refractivity contribution in [3.63, 3.8) is 0 Å². The highest BCUT2D eigenvalue weighted by Crippen LogP contribution is 2.40. The summed E-state index contributed by atoms with van der Waals surface area (Å²) in [5.74, 6) is 0. The molecule has 0 saturated carbocycles. The number of rotatable bonds is 3. The highest BCUT2D eigenvalue weighted by Gasteiger charge is 2.20. The molecule has 0 atom stereocenters. The third kappa shape index (κ3) is 3.63. The molecule has 0 spiro atoms. The molecule has 0 fully saturated rings. The van der Waals surface area contributed by atoms with Gasteiger partial charge in [-0.05, 0) is 72.3 Å². The number of benzene rings is 6. The van der Waals surface area contributed by atoms with E-state index >= 15 is 0 Å². The summed E-state index contributed by atoms with van der Waals surface area (Å²) >= 11 is 0. The summed E-state index contributed by atoms with van der Waals surface area (Å²) in [7, 11) is 0. The molecule has 6 aromatic carbocycles. The third-order valence-electron chi connectivity index (χ3n) is 8.38. The number of para-hydroxylation sites is 3. The summed E-state index contributed by atoms with van der Waals surface area (Å²) < 4.78 is 4.34. The fraction of sp³-hybridized carbons (Fsp3) is 0. The molecule has 0 unspecified atom stereocenters. The van der Waals surface area contributed by atoms with Crippen LogP contribution in [0.2, 0.25) is 0 Å². The minimum atomic E-state index is 0.499. The van der Waals surface area contributed by atoms with Crippen LogP contribution in [0.5, 0.6) is 0 Å². The average Bonchev–Trinajstić information content (AvgIpc) is 3.60. The maximum Gasteiger partial charge on any atom is 0.0998 e. The van der Waals surface area contributed by atoms with Crippen LogP contribution in [0.1, 0.15) is 16.7 Å². The van der Waals surface area contributed by atoms with Gasteiger partial charge in [-0.15, -0.1) is 0 Å². The molecule has 0 bridgehead atoms. The van der Waals surface area contributed by atoms with Crippen LogP contribution in [0, 0.1) is 34.0 Å². The number of hydrogen-bond acceptors (Lipinski definition) is 3. The number of nitriles is 3. The van der Waals surface area contributed by atoms with Crippen molar-refractivity contribution in [2.24, 2.45) is 0 Å². The van der Waals surface area contributed by atoms with Crippen LogP contribution in [0.25, 0.3) is 66.1 Å². The van der Waals surface area contributed by atoms with Crippen molar-refractivity contribution in [1.29, 1.82) is 15.8 Å². The zero-order valence-corrected chi connectivity index (χ0v) is 23.4. The molecule has 0 aliphatic rings. The molecule has 202 valence electrons. The van der Waals surface area contributed by atoms with E-state index in [-0.39, 0.29) is 0 Å². The Morgan fingerprint density at radius 3 is 1.66 bits per heavy atom. The van der Waals surface area contributed by atoms with Gasteiger partial charge < -0.3 is 9.13 Å². The first-order valence-corrected chi connectivity index (χ1v) is 14.2. The molecule has 0 saturated heterocycles. The molecule has 44 heavy (non-hydrogen) atoms. The standard InChI is InChI=1S/C39H21N5/c40-22-25-16-17-37-33(20-25)32-11-3-6-14-36(32)44(37)38-15-7-8-27(24-42)39(38)28-18-26(23-41)19-29(21-28)43-34-12-4-1-9-30(34)31-10-2-5-13-35(31)43/h1-21H. The summed E-state index contributed by atoms with van der Waals surface area (Å²) in [6, 6.07) is 48.9. The molecule has 0 N–H and O–H groups in total. The summed E-state index contributed by atoms with van der Waals surface area (Å²) in [6.45, 7) is 0. The maximum atomic E-state index is 10.4. The largest absolute Gasteiger partial charge is 0.309 e. The van der Waals surface area contributed by atoms with Gasteiger partial charge in [0, 0.05) is 32.8 Å². The SMILES string of the molecule is N#Cc1cc(-c2c(C#N)cccc2-n2c3ccccc3c3cc(C#N)ccc32)cc(-n2c3ccccc3c3ccccc32)c1. The van der Waals surface area contributed by atoms with Gasteiger partial charge in [-0.3, -0.25) is 0 Å². The second-order valence-electron chi connectivity index (χ2n) is 10.8. The molecule has 8 aromatic rings. The van der Waals surface area contributed by atoms with Gasteiger partial charge in [0.15, 0.2) is 0 Å². The topological polar surface area (TPSA) is 81.2 Å². The maximum absolute atomic E-state index is 10.4. The molecular weight excluding hydrogens is 538 g/mol. The van der Waals surface area contributed by atoms with Crippen molar-refractivity contribution in [2.75, 3.05) is 0 Å². The molecule has 0 amide bonds. The Labute approximate surface area is 252 Å². The fourth-order valence-corrected chi connectivity index (χ4v) is 6.57. The van der Waals surface area contributed by atoms with E-state index in [2.05, 4.69) is 69.8 Å². The van der Waals surface area contributed by atoms with Crippen molar-refractivity contribution >= 4 is 43.6 Å². The Morgan fingerprint density at radius 2 is 1.02 bits per heavy atom. The second kappa shape index (κ2) is 9.74. The van der Waals surface area contributed by atoms with Gasteiger partial charge in [0.05, 0.1) is 62.7 Å². The molecule has 5 nitrogen and oxygen atoms in total. The predicted molar refractivity (Wildman–Crippen MR) is 175 cm³/mol. The minimum absolute atomic E-state index is 0.499. The van der Waals surface area contributed by atoms with E-state index in [1.54, 1.807) is 0 Å². The molecule has 0 aliphatic heterocycles. The number of nitrogens with zero attached hydrogens (tertiary/aromatic N) is 5. The first-order valence-electron chi connectivity index (χ1n) is 14.2. The Bertz CT molecular complexity index is 2540. The summed E-state index contributed by atoms with van der Waals surface area (Å²) in [4.78, 5) is 0. The monoisotopic (exact) mass is 559 g/mol. The molecule has 8 rings (SSSR count). The van der Waals surface area contributed by atoms with Crippen molar-refractivity contribution in [3.05, 3.63) is 144 Å². The molecule has 0 aliphatic carbocycles. The first-order chi connectivity index (χ1) is 21.7. The Morgan fingerprint density at radius 1 is 0.432 bits per heavy atom. The normalized spacial score (nSPS) is 11.1. The van der Waals surface area contributed by atoms with E-state index in [1.165, 1.54) is 0 Å². The van der Waals surface area contributed by atoms with E-state index in [0.717, 1.165) is 66.1 Å². The Balaban J connectivity index is 1.47. The fourth-order valence-electron chi connectivity index (χ4n) is 6.57. The van der Waals surface area contributed by atoms with Crippen molar-refractivity contribution in [3.8, 4) is 40.7 Å². The predicted octanol–water partition coefficient (Wildman–Crippen LogP) is 9.16. The summed E-state index contributed by atoms with van der Waals surface area (Å²) in [5, 5.41) is 34.5. The number of fused-ring (bicyclic) bond motifs is 6. The summed E-state index contributed by atoms with van der Waals surface area (Å²) in [5.41, 5.74) is 8.74. The van der Waals surface area contributed by atoms with E-state index < -0.39 is 0 Å². The van der Waals surface area contributed by atoms with Gasteiger partial charge in [0.1, 0.15) is 0 Å². The Kier molecular flexibility index (Phi) is 5.56. The zero-order chi connectivity index (χ0) is 29.8. The van der Waals surface area contributed by atoms with Crippen LogP contribution in [0.3, 0.4) is 0 Å². The molecule has 5 heteroatoms. The van der Waals surface area contributed by atoms with Crippen LogP contribution < -0.4 is 0 Å². The van der Waals surface area contributed by atoms with Crippen molar-refractivity contribution < 1.29 is 0 Å². The quantitative estimate of drug-likeness (QED) is 0.216. The van der Waals surface area contributed by atoms with Gasteiger partial charge in [0.25, 0.3) is 0 Å². The van der Waals surface area contributed by atoms with Gasteiger partial charge in [-0.1, -0.05) is 60.7 Å². The van der Waals surface area contributed by atoms with E-state index in [4.69, 9.17) is 0 Å². The van der Waals surface area contributed by atoms with E-state index in [9.17, 15) is 15.8 Å². The minimum Gasteiger partial charge on any atom is -0.309 e. The summed E-state index contributed by atoms with van der Waals surface area (Å²) in [6.07, 6.45) is 0. The molecule has 0 radical (unpaired) electrons. The van der Waals surface area contributed by atoms with Crippen LogP contribution in [0.15, 0.2) is 127 Å². The smallest absolute Gasteiger partial charge is 0.0998 e. The van der Waals surface area contributed by atoms with Gasteiger partial charge >= 0.3 is 0 Å². The Hall–Kier alpha value is -6.61. The average molecular weight is 560 g/mol. The zero-order valence-electron chi connectivity index (χ0n) is 23.4. The van der Waals surface area contributed by atoms with E-state index in [1.807, 2.05) is 84.9 Å². The van der Waals surface area contributed by atoms with Gasteiger partial charge in [-0.2, -0.15) is 15.8 Å². The van der Waals surface area contributed by atoms with Gasteiger partial charge in [-0.25, -0.2) is 0 Å².